The summed E-state index contributed by atoms with van der Waals surface area (Å²) in [5.74, 6) is 0.403. The predicted molar refractivity (Wildman–Crippen MR) is 73.4 cm³/mol. The first-order valence-electron chi connectivity index (χ1n) is 6.72. The first-order valence-corrected chi connectivity index (χ1v) is 6.72. The van der Waals surface area contributed by atoms with E-state index in [-0.39, 0.29) is 17.8 Å². The molecule has 1 unspecified atom stereocenters. The monoisotopic (exact) mass is 259 g/mol. The van der Waals surface area contributed by atoms with Gasteiger partial charge >= 0.3 is 5.97 Å². The molecular weight excluding hydrogens is 230 g/mol. The fourth-order valence-corrected chi connectivity index (χ4v) is 2.24. The van der Waals surface area contributed by atoms with Gasteiger partial charge in [0.15, 0.2) is 0 Å². The highest BCUT2D eigenvalue weighted by Gasteiger charge is 2.19. The lowest BCUT2D eigenvalue weighted by Gasteiger charge is -2.27. The molecule has 4 nitrogen and oxygen atoms in total. The van der Waals surface area contributed by atoms with Crippen LogP contribution in [-0.4, -0.2) is 37.4 Å². The van der Waals surface area contributed by atoms with Crippen LogP contribution in [0.1, 0.15) is 47.0 Å². The lowest BCUT2D eigenvalue weighted by Crippen LogP contribution is -2.35. The average molecular weight is 259 g/mol. The minimum absolute atomic E-state index is 0.232. The Morgan fingerprint density at radius 2 is 2.00 bits per heavy atom. The van der Waals surface area contributed by atoms with Gasteiger partial charge in [-0.15, -0.1) is 0 Å². The zero-order chi connectivity index (χ0) is 14.2. The zero-order valence-corrected chi connectivity index (χ0v) is 12.5. The Bertz CT molecular complexity index is 239. The van der Waals surface area contributed by atoms with E-state index in [1.807, 2.05) is 0 Å². The summed E-state index contributed by atoms with van der Waals surface area (Å²) in [4.78, 5) is 10.9. The van der Waals surface area contributed by atoms with Crippen molar-refractivity contribution in [1.29, 1.82) is 0 Å². The Morgan fingerprint density at radius 3 is 2.50 bits per heavy atom. The minimum Gasteiger partial charge on any atom is -0.469 e. The number of ether oxygens (including phenoxy) is 1. The van der Waals surface area contributed by atoms with Gasteiger partial charge in [0, 0.05) is 19.5 Å². The van der Waals surface area contributed by atoms with Crippen LogP contribution < -0.4 is 5.32 Å². The molecule has 0 aliphatic rings. The van der Waals surface area contributed by atoms with Crippen LogP contribution in [0.3, 0.4) is 0 Å². The van der Waals surface area contributed by atoms with Gasteiger partial charge in [-0.25, -0.2) is 0 Å². The van der Waals surface area contributed by atoms with E-state index >= 15 is 0 Å². The van der Waals surface area contributed by atoms with Crippen molar-refractivity contribution < 1.29 is 14.6 Å². The molecule has 18 heavy (non-hydrogen) atoms. The fourth-order valence-electron chi connectivity index (χ4n) is 2.24. The fraction of sp³-hybridized carbons (Fsp3) is 0.929. The highest BCUT2D eigenvalue weighted by atomic mass is 16.5. The van der Waals surface area contributed by atoms with Crippen molar-refractivity contribution in [3.8, 4) is 0 Å². The first-order chi connectivity index (χ1) is 8.26. The van der Waals surface area contributed by atoms with Crippen molar-refractivity contribution in [2.24, 2.45) is 11.3 Å². The van der Waals surface area contributed by atoms with E-state index in [2.05, 4.69) is 37.7 Å². The third-order valence-corrected chi connectivity index (χ3v) is 2.85. The molecule has 4 heteroatoms. The molecule has 0 amide bonds. The van der Waals surface area contributed by atoms with Gasteiger partial charge in [-0.3, -0.25) is 4.79 Å². The molecule has 2 N–H and O–H groups in total. The number of rotatable bonds is 9. The second kappa shape index (κ2) is 8.48. The van der Waals surface area contributed by atoms with Crippen molar-refractivity contribution >= 4 is 5.97 Å². The summed E-state index contributed by atoms with van der Waals surface area (Å²) in [5.41, 5.74) is 0.232. The lowest BCUT2D eigenvalue weighted by atomic mass is 9.84. The number of aliphatic hydroxyl groups is 1. The number of hydrogen-bond acceptors (Lipinski definition) is 4. The number of carbonyl (C=O) groups is 1. The molecule has 1 atom stereocenters. The number of aliphatic hydroxyl groups excluding tert-OH is 1. The van der Waals surface area contributed by atoms with Crippen LogP contribution in [0.2, 0.25) is 0 Å². The van der Waals surface area contributed by atoms with Gasteiger partial charge in [-0.2, -0.15) is 0 Å². The van der Waals surface area contributed by atoms with Crippen LogP contribution in [-0.2, 0) is 9.53 Å². The molecule has 0 fully saturated rings. The van der Waals surface area contributed by atoms with Gasteiger partial charge in [0.25, 0.3) is 0 Å². The van der Waals surface area contributed by atoms with E-state index in [9.17, 15) is 9.90 Å². The second-order valence-corrected chi connectivity index (χ2v) is 6.16. The smallest absolute Gasteiger partial charge is 0.305 e. The maximum absolute atomic E-state index is 10.9. The Labute approximate surface area is 111 Å². The molecule has 0 aromatic heterocycles. The van der Waals surface area contributed by atoms with E-state index in [0.29, 0.717) is 18.9 Å². The van der Waals surface area contributed by atoms with E-state index < -0.39 is 6.10 Å². The summed E-state index contributed by atoms with van der Waals surface area (Å²) in [6, 6.07) is 0. The van der Waals surface area contributed by atoms with Crippen LogP contribution in [0.25, 0.3) is 0 Å². The number of methoxy groups -OCH3 is 1. The molecule has 0 radical (unpaired) electrons. The normalized spacial score (nSPS) is 13.7. The molecule has 0 heterocycles. The van der Waals surface area contributed by atoms with Gasteiger partial charge in [0.1, 0.15) is 0 Å². The molecule has 0 rings (SSSR count). The lowest BCUT2D eigenvalue weighted by molar-refractivity contribution is -0.141. The van der Waals surface area contributed by atoms with Crippen LogP contribution >= 0.6 is 0 Å². The summed E-state index contributed by atoms with van der Waals surface area (Å²) in [5, 5.41) is 13.0. The van der Waals surface area contributed by atoms with E-state index in [1.54, 1.807) is 0 Å². The van der Waals surface area contributed by atoms with Gasteiger partial charge < -0.3 is 15.2 Å². The SMILES string of the molecule is COC(=O)CCC(O)CNCC(C)(C)CC(C)C. The van der Waals surface area contributed by atoms with Gasteiger partial charge in [-0.05, 0) is 24.2 Å². The third-order valence-electron chi connectivity index (χ3n) is 2.85. The highest BCUT2D eigenvalue weighted by Crippen LogP contribution is 2.23. The van der Waals surface area contributed by atoms with E-state index in [4.69, 9.17) is 0 Å². The maximum atomic E-state index is 10.9. The number of esters is 1. The third kappa shape index (κ3) is 9.42. The standard InChI is InChI=1S/C14H29NO3/c1-11(2)8-14(3,4)10-15-9-12(16)6-7-13(17)18-5/h11-12,15-16H,6-10H2,1-5H3. The molecule has 108 valence electrons. The quantitative estimate of drug-likeness (QED) is 0.622. The van der Waals surface area contributed by atoms with Crippen molar-refractivity contribution in [2.75, 3.05) is 20.2 Å². The Hall–Kier alpha value is -0.610. The van der Waals surface area contributed by atoms with E-state index in [1.165, 1.54) is 7.11 Å². The van der Waals surface area contributed by atoms with Crippen molar-refractivity contribution in [2.45, 2.75) is 53.1 Å². The Balaban J connectivity index is 3.73. The van der Waals surface area contributed by atoms with E-state index in [0.717, 1.165) is 13.0 Å². The molecule has 0 saturated heterocycles. The van der Waals surface area contributed by atoms with Crippen LogP contribution in [0.5, 0.6) is 0 Å². The van der Waals surface area contributed by atoms with Crippen LogP contribution in [0, 0.1) is 11.3 Å². The maximum Gasteiger partial charge on any atom is 0.305 e. The predicted octanol–water partition coefficient (Wildman–Crippen LogP) is 1.96. The second-order valence-electron chi connectivity index (χ2n) is 6.16. The largest absolute Gasteiger partial charge is 0.469 e. The van der Waals surface area contributed by atoms with Crippen LogP contribution in [0.4, 0.5) is 0 Å². The first kappa shape index (κ1) is 17.4. The van der Waals surface area contributed by atoms with Crippen LogP contribution in [0.15, 0.2) is 0 Å². The topological polar surface area (TPSA) is 58.6 Å². The Morgan fingerprint density at radius 1 is 1.39 bits per heavy atom. The molecule has 0 spiro atoms. The average Bonchev–Trinajstić information content (AvgIpc) is 2.23. The van der Waals surface area contributed by atoms with Crippen molar-refractivity contribution in [3.05, 3.63) is 0 Å². The molecule has 0 bridgehead atoms. The number of nitrogens with one attached hydrogen (secondary N) is 1. The minimum atomic E-state index is -0.487. The van der Waals surface area contributed by atoms with Gasteiger partial charge in [0.05, 0.1) is 13.2 Å². The Kier molecular flexibility index (Phi) is 8.20. The summed E-state index contributed by atoms with van der Waals surface area (Å²) in [7, 11) is 1.36. The van der Waals surface area contributed by atoms with Gasteiger partial charge in [0.2, 0.25) is 0 Å². The molecule has 0 aliphatic carbocycles. The number of carbonyl (C=O) groups excluding carboxylic acids is 1. The molecule has 0 aromatic rings. The van der Waals surface area contributed by atoms with Crippen molar-refractivity contribution in [3.63, 3.8) is 0 Å². The summed E-state index contributed by atoms with van der Waals surface area (Å²) in [6.45, 7) is 10.3. The zero-order valence-electron chi connectivity index (χ0n) is 12.5. The summed E-state index contributed by atoms with van der Waals surface area (Å²) in [6.07, 6.45) is 1.39. The molecule has 0 saturated carbocycles. The number of hydrogen-bond donors (Lipinski definition) is 2. The van der Waals surface area contributed by atoms with Gasteiger partial charge in [-0.1, -0.05) is 27.7 Å². The van der Waals surface area contributed by atoms with Crippen molar-refractivity contribution in [1.82, 2.24) is 5.32 Å². The molecule has 0 aliphatic heterocycles. The highest BCUT2D eigenvalue weighted by molar-refractivity contribution is 5.69. The summed E-state index contributed by atoms with van der Waals surface area (Å²) >= 11 is 0. The molecule has 0 aromatic carbocycles. The summed E-state index contributed by atoms with van der Waals surface area (Å²) < 4.78 is 4.53. The molecular formula is C14H29NO3.